The highest BCUT2D eigenvalue weighted by Crippen LogP contribution is 1.91. The maximum Gasteiger partial charge on any atom is 0.261 e. The predicted octanol–water partition coefficient (Wildman–Crippen LogP) is 0.314. The molecule has 0 saturated carbocycles. The molecule has 0 bridgehead atoms. The fraction of sp³-hybridized carbons (Fsp3) is 0.833. The first-order valence-electron chi connectivity index (χ1n) is 3.40. The van der Waals surface area contributed by atoms with E-state index >= 15 is 0 Å². The summed E-state index contributed by atoms with van der Waals surface area (Å²) in [5, 5.41) is 2.42. The molecule has 12 heavy (non-hydrogen) atoms. The maximum absolute atomic E-state index is 11.5. The van der Waals surface area contributed by atoms with Crippen LogP contribution in [0.15, 0.2) is 0 Å². The molecule has 72 valence electrons. The monoisotopic (exact) mass is 199 g/mol. The fourth-order valence-electron chi connectivity index (χ4n) is 0.491. The second kappa shape index (κ2) is 7.30. The molecule has 0 aromatic rings. The largest absolute Gasteiger partial charge is 0.374 e. The molecule has 0 fully saturated rings. The van der Waals surface area contributed by atoms with Crippen LogP contribution in [-0.4, -0.2) is 37.8 Å². The Morgan fingerprint density at radius 1 is 1.58 bits per heavy atom. The van der Waals surface area contributed by atoms with Crippen LogP contribution in [0.4, 0.5) is 8.78 Å². The third-order valence-corrected chi connectivity index (χ3v) is 1.24. The molecule has 3 nitrogen and oxygen atoms in total. The van der Waals surface area contributed by atoms with Crippen LogP contribution in [0.3, 0.4) is 0 Å². The Bertz CT molecular complexity index is 135. The van der Waals surface area contributed by atoms with E-state index in [4.69, 9.17) is 0 Å². The number of hydrogen-bond acceptors (Lipinski definition) is 3. The van der Waals surface area contributed by atoms with Gasteiger partial charge in [-0.1, -0.05) is 0 Å². The second-order valence-corrected chi connectivity index (χ2v) is 2.29. The molecule has 0 aromatic carbocycles. The molecule has 0 aromatic heterocycles. The van der Waals surface area contributed by atoms with Gasteiger partial charge in [0.2, 0.25) is 5.91 Å². The van der Waals surface area contributed by atoms with Gasteiger partial charge in [0.1, 0.15) is 6.61 Å². The maximum atomic E-state index is 11.5. The molecule has 0 radical (unpaired) electrons. The quantitative estimate of drug-likeness (QED) is 0.477. The van der Waals surface area contributed by atoms with Gasteiger partial charge in [-0.2, -0.15) is 12.6 Å². The third kappa shape index (κ3) is 7.74. The van der Waals surface area contributed by atoms with E-state index in [1.54, 1.807) is 0 Å². The smallest absolute Gasteiger partial charge is 0.261 e. The van der Waals surface area contributed by atoms with Crippen LogP contribution in [-0.2, 0) is 9.53 Å². The Hall–Kier alpha value is -0.360. The summed E-state index contributed by atoms with van der Waals surface area (Å²) in [7, 11) is 0. The van der Waals surface area contributed by atoms with E-state index in [2.05, 4.69) is 22.7 Å². The molecule has 1 N–H and O–H groups in total. The summed E-state index contributed by atoms with van der Waals surface area (Å²) >= 11 is 3.70. The van der Waals surface area contributed by atoms with Gasteiger partial charge < -0.3 is 10.1 Å². The lowest BCUT2D eigenvalue weighted by atomic mass is 10.6. The zero-order valence-electron chi connectivity index (χ0n) is 6.43. The van der Waals surface area contributed by atoms with Gasteiger partial charge in [-0.25, -0.2) is 8.78 Å². The molecule has 0 aliphatic rings. The summed E-state index contributed by atoms with van der Waals surface area (Å²) < 4.78 is 27.4. The van der Waals surface area contributed by atoms with Crippen molar-refractivity contribution in [1.29, 1.82) is 0 Å². The zero-order chi connectivity index (χ0) is 9.40. The van der Waals surface area contributed by atoms with Crippen molar-refractivity contribution in [3.8, 4) is 0 Å². The third-order valence-electron chi connectivity index (χ3n) is 0.956. The summed E-state index contributed by atoms with van der Waals surface area (Å²) in [4.78, 5) is 10.5. The van der Waals surface area contributed by atoms with E-state index in [0.29, 0.717) is 0 Å². The van der Waals surface area contributed by atoms with Gasteiger partial charge >= 0.3 is 0 Å². The Balaban J connectivity index is 3.05. The van der Waals surface area contributed by atoms with E-state index in [-0.39, 0.29) is 24.8 Å². The van der Waals surface area contributed by atoms with Crippen LogP contribution in [0, 0.1) is 0 Å². The van der Waals surface area contributed by atoms with Gasteiger partial charge in [0.25, 0.3) is 6.43 Å². The number of thiol groups is 1. The van der Waals surface area contributed by atoms with E-state index in [0.717, 1.165) is 0 Å². The second-order valence-electron chi connectivity index (χ2n) is 1.97. The van der Waals surface area contributed by atoms with Gasteiger partial charge in [0.15, 0.2) is 0 Å². The summed E-state index contributed by atoms with van der Waals surface area (Å²) in [6, 6.07) is 0. The topological polar surface area (TPSA) is 38.3 Å². The van der Waals surface area contributed by atoms with Gasteiger partial charge in [-0.05, 0) is 0 Å². The number of alkyl halides is 2. The minimum absolute atomic E-state index is 0.0921. The molecular weight excluding hydrogens is 188 g/mol. The summed E-state index contributed by atoms with van der Waals surface area (Å²) in [5.41, 5.74) is 0. The number of ether oxygens (including phenoxy) is 1. The molecule has 0 rings (SSSR count). The molecule has 0 aliphatic heterocycles. The van der Waals surface area contributed by atoms with Crippen molar-refractivity contribution < 1.29 is 18.3 Å². The fourth-order valence-corrected chi connectivity index (χ4v) is 0.603. The lowest BCUT2D eigenvalue weighted by molar-refractivity contribution is -0.118. The first kappa shape index (κ1) is 11.6. The van der Waals surface area contributed by atoms with Gasteiger partial charge in [0.05, 0.1) is 12.4 Å². The molecule has 0 saturated heterocycles. The van der Waals surface area contributed by atoms with E-state index < -0.39 is 13.0 Å². The number of rotatable bonds is 6. The summed E-state index contributed by atoms with van der Waals surface area (Å²) in [6.45, 7) is -0.243. The highest BCUT2D eigenvalue weighted by Gasteiger charge is 2.01. The summed E-state index contributed by atoms with van der Waals surface area (Å²) in [5.74, 6) is -0.145. The average Bonchev–Trinajstić information content (AvgIpc) is 2.03. The molecule has 0 spiro atoms. The van der Waals surface area contributed by atoms with Crippen molar-refractivity contribution in [2.75, 3.05) is 25.5 Å². The van der Waals surface area contributed by atoms with Crippen LogP contribution < -0.4 is 5.32 Å². The highest BCUT2D eigenvalue weighted by molar-refractivity contribution is 7.81. The molecule has 0 unspecified atom stereocenters. The molecule has 0 heterocycles. The minimum Gasteiger partial charge on any atom is -0.374 e. The van der Waals surface area contributed by atoms with Crippen molar-refractivity contribution in [1.82, 2.24) is 5.32 Å². The van der Waals surface area contributed by atoms with Crippen molar-refractivity contribution >= 4 is 18.5 Å². The number of hydrogen-bond donors (Lipinski definition) is 2. The van der Waals surface area contributed by atoms with Crippen molar-refractivity contribution in [3.05, 3.63) is 0 Å². The van der Waals surface area contributed by atoms with Crippen LogP contribution >= 0.6 is 12.6 Å². The normalized spacial score (nSPS) is 10.3. The van der Waals surface area contributed by atoms with E-state index in [9.17, 15) is 13.6 Å². The number of nitrogens with one attached hydrogen (secondary N) is 1. The predicted molar refractivity (Wildman–Crippen MR) is 43.7 cm³/mol. The highest BCUT2D eigenvalue weighted by atomic mass is 32.1. The molecular formula is C6H11F2NO2S. The van der Waals surface area contributed by atoms with Crippen LogP contribution in [0.2, 0.25) is 0 Å². The van der Waals surface area contributed by atoms with Gasteiger partial charge in [-0.3, -0.25) is 4.79 Å². The van der Waals surface area contributed by atoms with E-state index in [1.165, 1.54) is 0 Å². The summed E-state index contributed by atoms with van der Waals surface area (Å²) in [6.07, 6.45) is -2.45. The molecule has 6 heteroatoms. The lowest BCUT2D eigenvalue weighted by Gasteiger charge is -2.03. The Labute approximate surface area is 74.9 Å². The Morgan fingerprint density at radius 3 is 2.75 bits per heavy atom. The standard InChI is InChI=1S/C6H11F2NO2S/c7-5(8)3-11-2-1-9-6(10)4-12/h5,12H,1-4H2,(H,9,10). The zero-order valence-corrected chi connectivity index (χ0v) is 7.32. The number of carbonyl (C=O) groups is 1. The van der Waals surface area contributed by atoms with Crippen molar-refractivity contribution in [3.63, 3.8) is 0 Å². The van der Waals surface area contributed by atoms with Crippen molar-refractivity contribution in [2.45, 2.75) is 6.43 Å². The number of amides is 1. The Kier molecular flexibility index (Phi) is 7.08. The van der Waals surface area contributed by atoms with Crippen LogP contribution in [0.5, 0.6) is 0 Å². The Morgan fingerprint density at radius 2 is 2.25 bits per heavy atom. The van der Waals surface area contributed by atoms with E-state index in [1.807, 2.05) is 0 Å². The van der Waals surface area contributed by atoms with Crippen LogP contribution in [0.1, 0.15) is 0 Å². The average molecular weight is 199 g/mol. The first-order chi connectivity index (χ1) is 5.66. The first-order valence-corrected chi connectivity index (χ1v) is 4.03. The lowest BCUT2D eigenvalue weighted by Crippen LogP contribution is -2.28. The molecule has 0 aliphatic carbocycles. The SMILES string of the molecule is O=C(CS)NCCOCC(F)F. The molecule has 0 atom stereocenters. The van der Waals surface area contributed by atoms with Gasteiger partial charge in [0, 0.05) is 6.54 Å². The minimum atomic E-state index is -2.45. The van der Waals surface area contributed by atoms with Gasteiger partial charge in [-0.15, -0.1) is 0 Å². The van der Waals surface area contributed by atoms with Crippen LogP contribution in [0.25, 0.3) is 0 Å². The molecule has 1 amide bonds. The van der Waals surface area contributed by atoms with Crippen molar-refractivity contribution in [2.24, 2.45) is 0 Å². The number of carbonyl (C=O) groups excluding carboxylic acids is 1. The number of halogens is 2.